The fourth-order valence-electron chi connectivity index (χ4n) is 2.44. The molecule has 3 rings (SSSR count). The number of halogens is 2. The lowest BCUT2D eigenvalue weighted by molar-refractivity contribution is -0.122. The first kappa shape index (κ1) is 18.8. The SMILES string of the molecule is O=C(NCCN1C(=O)S/C(=C\c2ccccc2)C1=O)c1ccc(F)cc1F. The summed E-state index contributed by atoms with van der Waals surface area (Å²) in [5.74, 6) is -2.97. The van der Waals surface area contributed by atoms with E-state index in [4.69, 9.17) is 0 Å². The number of nitrogens with zero attached hydrogens (tertiary/aromatic N) is 1. The highest BCUT2D eigenvalue weighted by molar-refractivity contribution is 8.18. The predicted octanol–water partition coefficient (Wildman–Crippen LogP) is 3.43. The van der Waals surface area contributed by atoms with Crippen LogP contribution in [0.3, 0.4) is 0 Å². The Bertz CT molecular complexity index is 932. The molecule has 8 heteroatoms. The van der Waals surface area contributed by atoms with Gasteiger partial charge in [0.05, 0.1) is 10.5 Å². The van der Waals surface area contributed by atoms with Crippen molar-refractivity contribution in [2.75, 3.05) is 13.1 Å². The number of hydrogen-bond acceptors (Lipinski definition) is 4. The van der Waals surface area contributed by atoms with E-state index in [2.05, 4.69) is 5.32 Å². The van der Waals surface area contributed by atoms with Crippen molar-refractivity contribution in [3.8, 4) is 0 Å². The molecule has 1 aliphatic heterocycles. The van der Waals surface area contributed by atoms with Gasteiger partial charge < -0.3 is 5.32 Å². The minimum absolute atomic E-state index is 0.0493. The van der Waals surface area contributed by atoms with Crippen LogP contribution in [-0.2, 0) is 4.79 Å². The first-order chi connectivity index (χ1) is 13.0. The summed E-state index contributed by atoms with van der Waals surface area (Å²) in [6.07, 6.45) is 1.62. The Morgan fingerprint density at radius 3 is 2.56 bits per heavy atom. The minimum atomic E-state index is -0.982. The molecule has 1 heterocycles. The molecule has 1 fully saturated rings. The quantitative estimate of drug-likeness (QED) is 0.797. The van der Waals surface area contributed by atoms with Crippen LogP contribution < -0.4 is 5.32 Å². The summed E-state index contributed by atoms with van der Waals surface area (Å²) < 4.78 is 26.5. The van der Waals surface area contributed by atoms with Crippen LogP contribution in [0.25, 0.3) is 6.08 Å². The maximum atomic E-state index is 13.6. The number of nitrogens with one attached hydrogen (secondary N) is 1. The Labute approximate surface area is 158 Å². The second-order valence-corrected chi connectivity index (χ2v) is 6.62. The van der Waals surface area contributed by atoms with Crippen molar-refractivity contribution in [3.63, 3.8) is 0 Å². The van der Waals surface area contributed by atoms with Crippen molar-refractivity contribution in [2.24, 2.45) is 0 Å². The lowest BCUT2D eigenvalue weighted by Gasteiger charge is -2.13. The summed E-state index contributed by atoms with van der Waals surface area (Å²) in [7, 11) is 0. The topological polar surface area (TPSA) is 66.5 Å². The summed E-state index contributed by atoms with van der Waals surface area (Å²) in [4.78, 5) is 37.6. The molecular formula is C19H14F2N2O3S. The third kappa shape index (κ3) is 4.40. The van der Waals surface area contributed by atoms with Gasteiger partial charge in [-0.15, -0.1) is 0 Å². The fourth-order valence-corrected chi connectivity index (χ4v) is 3.31. The number of rotatable bonds is 5. The number of amides is 3. The molecule has 138 valence electrons. The summed E-state index contributed by atoms with van der Waals surface area (Å²) in [6, 6.07) is 11.7. The zero-order chi connectivity index (χ0) is 19.4. The van der Waals surface area contributed by atoms with Gasteiger partial charge in [0.2, 0.25) is 0 Å². The van der Waals surface area contributed by atoms with E-state index in [1.807, 2.05) is 30.3 Å². The Morgan fingerprint density at radius 1 is 1.11 bits per heavy atom. The summed E-state index contributed by atoms with van der Waals surface area (Å²) >= 11 is 0.820. The molecule has 0 aromatic heterocycles. The van der Waals surface area contributed by atoms with Gasteiger partial charge in [0.25, 0.3) is 17.1 Å². The Kier molecular flexibility index (Phi) is 5.66. The highest BCUT2D eigenvalue weighted by Crippen LogP contribution is 2.31. The number of hydrogen-bond donors (Lipinski definition) is 1. The molecule has 0 radical (unpaired) electrons. The molecule has 1 N–H and O–H groups in total. The molecule has 0 spiro atoms. The molecule has 3 amide bonds. The monoisotopic (exact) mass is 388 g/mol. The van der Waals surface area contributed by atoms with Crippen molar-refractivity contribution in [3.05, 3.63) is 76.2 Å². The first-order valence-electron chi connectivity index (χ1n) is 7.99. The van der Waals surface area contributed by atoms with Gasteiger partial charge in [0.1, 0.15) is 11.6 Å². The zero-order valence-corrected chi connectivity index (χ0v) is 14.8. The van der Waals surface area contributed by atoms with Gasteiger partial charge in [-0.25, -0.2) is 8.78 Å². The number of benzene rings is 2. The summed E-state index contributed by atoms with van der Waals surface area (Å²) in [5, 5.41) is 1.98. The van der Waals surface area contributed by atoms with Crippen LogP contribution >= 0.6 is 11.8 Å². The third-order valence-corrected chi connectivity index (χ3v) is 4.68. The lowest BCUT2D eigenvalue weighted by Crippen LogP contribution is -2.37. The molecule has 2 aromatic rings. The third-order valence-electron chi connectivity index (χ3n) is 3.77. The molecule has 0 unspecified atom stereocenters. The van der Waals surface area contributed by atoms with Crippen LogP contribution in [0.1, 0.15) is 15.9 Å². The highest BCUT2D eigenvalue weighted by atomic mass is 32.2. The molecule has 1 aliphatic rings. The molecule has 2 aromatic carbocycles. The van der Waals surface area contributed by atoms with Crippen LogP contribution in [0.15, 0.2) is 53.4 Å². The largest absolute Gasteiger partial charge is 0.350 e. The van der Waals surface area contributed by atoms with E-state index in [0.717, 1.165) is 34.4 Å². The van der Waals surface area contributed by atoms with Crippen molar-refractivity contribution >= 4 is 34.9 Å². The van der Waals surface area contributed by atoms with Crippen LogP contribution in [0.2, 0.25) is 0 Å². The van der Waals surface area contributed by atoms with Gasteiger partial charge in [0.15, 0.2) is 0 Å². The van der Waals surface area contributed by atoms with E-state index in [9.17, 15) is 23.2 Å². The normalized spacial score (nSPS) is 15.5. The molecule has 0 saturated carbocycles. The number of carbonyl (C=O) groups excluding carboxylic acids is 3. The van der Waals surface area contributed by atoms with Gasteiger partial charge in [0, 0.05) is 19.2 Å². The van der Waals surface area contributed by atoms with Gasteiger partial charge in [-0.1, -0.05) is 30.3 Å². The molecule has 0 bridgehead atoms. The van der Waals surface area contributed by atoms with Crippen LogP contribution in [0.4, 0.5) is 13.6 Å². The van der Waals surface area contributed by atoms with Crippen molar-refractivity contribution in [1.82, 2.24) is 10.2 Å². The van der Waals surface area contributed by atoms with E-state index in [0.29, 0.717) is 11.0 Å². The molecule has 0 aliphatic carbocycles. The van der Waals surface area contributed by atoms with Crippen molar-refractivity contribution < 1.29 is 23.2 Å². The molecule has 27 heavy (non-hydrogen) atoms. The maximum absolute atomic E-state index is 13.6. The second kappa shape index (κ2) is 8.13. The molecule has 0 atom stereocenters. The number of carbonyl (C=O) groups is 3. The Morgan fingerprint density at radius 2 is 1.85 bits per heavy atom. The fraction of sp³-hybridized carbons (Fsp3) is 0.105. The predicted molar refractivity (Wildman–Crippen MR) is 97.8 cm³/mol. The summed E-state index contributed by atoms with van der Waals surface area (Å²) in [5.41, 5.74) is 0.484. The second-order valence-electron chi connectivity index (χ2n) is 5.62. The van der Waals surface area contributed by atoms with Crippen LogP contribution in [-0.4, -0.2) is 35.0 Å². The highest BCUT2D eigenvalue weighted by Gasteiger charge is 2.34. The average molecular weight is 388 g/mol. The van der Waals surface area contributed by atoms with Crippen LogP contribution in [0.5, 0.6) is 0 Å². The van der Waals surface area contributed by atoms with Crippen molar-refractivity contribution in [2.45, 2.75) is 0 Å². The maximum Gasteiger partial charge on any atom is 0.293 e. The van der Waals surface area contributed by atoms with E-state index >= 15 is 0 Å². The zero-order valence-electron chi connectivity index (χ0n) is 13.9. The molecular weight excluding hydrogens is 374 g/mol. The van der Waals surface area contributed by atoms with Gasteiger partial charge in [-0.05, 0) is 35.5 Å². The average Bonchev–Trinajstić information content (AvgIpc) is 2.89. The van der Waals surface area contributed by atoms with E-state index in [-0.39, 0.29) is 18.7 Å². The van der Waals surface area contributed by atoms with E-state index in [1.165, 1.54) is 0 Å². The van der Waals surface area contributed by atoms with Crippen LogP contribution in [0, 0.1) is 11.6 Å². The van der Waals surface area contributed by atoms with E-state index in [1.54, 1.807) is 6.08 Å². The smallest absolute Gasteiger partial charge is 0.293 e. The number of imide groups is 1. The van der Waals surface area contributed by atoms with Gasteiger partial charge in [-0.2, -0.15) is 0 Å². The lowest BCUT2D eigenvalue weighted by atomic mass is 10.2. The molecule has 5 nitrogen and oxygen atoms in total. The summed E-state index contributed by atoms with van der Waals surface area (Å²) in [6.45, 7) is -0.0995. The van der Waals surface area contributed by atoms with Gasteiger partial charge in [-0.3, -0.25) is 19.3 Å². The molecule has 1 saturated heterocycles. The van der Waals surface area contributed by atoms with E-state index < -0.39 is 28.7 Å². The Hall–Kier alpha value is -3.00. The van der Waals surface area contributed by atoms with Crippen molar-refractivity contribution in [1.29, 1.82) is 0 Å². The Balaban J connectivity index is 1.59. The van der Waals surface area contributed by atoms with Gasteiger partial charge >= 0.3 is 0 Å². The standard InChI is InChI=1S/C19H14F2N2O3S/c20-13-6-7-14(15(21)11-13)17(24)22-8-9-23-18(25)16(27-19(23)26)10-12-4-2-1-3-5-12/h1-7,10-11H,8-9H2,(H,22,24)/b16-10-. The first-order valence-corrected chi connectivity index (χ1v) is 8.81. The number of thioether (sulfide) groups is 1. The minimum Gasteiger partial charge on any atom is -0.350 e.